The van der Waals surface area contributed by atoms with Crippen LogP contribution in [-0.2, 0) is 0 Å². The van der Waals surface area contributed by atoms with Crippen LogP contribution in [0.15, 0.2) is 0 Å². The summed E-state index contributed by atoms with van der Waals surface area (Å²) in [6.07, 6.45) is 1.40. The second-order valence-electron chi connectivity index (χ2n) is 0.993. The summed E-state index contributed by atoms with van der Waals surface area (Å²) in [6, 6.07) is 0. The fourth-order valence-electron chi connectivity index (χ4n) is 0.204. The van der Waals surface area contributed by atoms with Gasteiger partial charge in [-0.3, -0.25) is 0 Å². The zero-order valence-electron chi connectivity index (χ0n) is 3.82. The molecule has 0 saturated carbocycles. The van der Waals surface area contributed by atoms with Crippen LogP contribution in [0.3, 0.4) is 0 Å². The Kier molecular flexibility index (Phi) is 5.55. The molecule has 0 unspecified atom stereocenters. The van der Waals surface area contributed by atoms with E-state index in [-0.39, 0.29) is 0 Å². The van der Waals surface area contributed by atoms with Crippen molar-refractivity contribution in [2.24, 2.45) is 0 Å². The number of hydrogen-bond acceptors (Lipinski definition) is 0. The fourth-order valence-corrected chi connectivity index (χ4v) is 1.37. The van der Waals surface area contributed by atoms with Crippen molar-refractivity contribution in [1.82, 2.24) is 0 Å². The average Bonchev–Trinajstić information content (AvgIpc) is 1.41. The molecule has 0 fully saturated rings. The van der Waals surface area contributed by atoms with Crippen molar-refractivity contribution in [3.8, 4) is 0 Å². The van der Waals surface area contributed by atoms with E-state index in [2.05, 4.69) is 11.9 Å². The molecule has 0 heterocycles. The van der Waals surface area contributed by atoms with Crippen molar-refractivity contribution in [3.05, 3.63) is 0 Å². The van der Waals surface area contributed by atoms with E-state index in [0.29, 0.717) is 20.9 Å². The maximum absolute atomic E-state index is 2.34. The third kappa shape index (κ3) is 4.79. The van der Waals surface area contributed by atoms with Crippen molar-refractivity contribution in [3.63, 3.8) is 0 Å². The van der Waals surface area contributed by atoms with E-state index < -0.39 is 0 Å². The summed E-state index contributed by atoms with van der Waals surface area (Å²) in [4.78, 5) is 2.34. The topological polar surface area (TPSA) is 0 Å². The summed E-state index contributed by atoms with van der Waals surface area (Å²) < 4.78 is 1.52. The summed E-state index contributed by atoms with van der Waals surface area (Å²) in [6.45, 7) is 2.24. The Bertz CT molecular complexity index is 11.1. The van der Waals surface area contributed by atoms with E-state index in [1.165, 1.54) is 10.9 Å². The van der Waals surface area contributed by atoms with Crippen LogP contribution >= 0.6 is 0 Å². The molecule has 0 radical (unpaired) electrons. The van der Waals surface area contributed by atoms with Gasteiger partial charge in [0.25, 0.3) is 0 Å². The molecule has 0 N–H and O–H groups in total. The number of hydrogen-bond donors (Lipinski definition) is 0. The van der Waals surface area contributed by atoms with Gasteiger partial charge in [-0.05, 0) is 0 Å². The van der Waals surface area contributed by atoms with Crippen LogP contribution in [-0.4, -0.2) is 20.9 Å². The third-order valence-electron chi connectivity index (χ3n) is 0.408. The minimum absolute atomic E-state index is 0.473. The number of rotatable bonds is 2. The molecule has 0 aromatic rings. The van der Waals surface area contributed by atoms with E-state index >= 15 is 0 Å². The van der Waals surface area contributed by atoms with E-state index in [9.17, 15) is 0 Å². The van der Waals surface area contributed by atoms with Gasteiger partial charge in [0.15, 0.2) is 0 Å². The molecule has 0 nitrogen and oxygen atoms in total. The summed E-state index contributed by atoms with van der Waals surface area (Å²) in [7, 11) is 0. The van der Waals surface area contributed by atoms with Crippen molar-refractivity contribution >= 4 is 20.9 Å². The minimum atomic E-state index is 0.473. The van der Waals surface area contributed by atoms with Gasteiger partial charge < -0.3 is 0 Å². The first kappa shape index (κ1) is 5.79. The van der Waals surface area contributed by atoms with Crippen LogP contribution in [0.25, 0.3) is 0 Å². The Morgan fingerprint density at radius 1 is 1.60 bits per heavy atom. The molecule has 0 bridgehead atoms. The summed E-state index contributed by atoms with van der Waals surface area (Å²) in [5.41, 5.74) is 0. The van der Waals surface area contributed by atoms with Crippen LogP contribution in [0.1, 0.15) is 13.3 Å². The van der Waals surface area contributed by atoms with Gasteiger partial charge in [0.1, 0.15) is 0 Å². The zero-order chi connectivity index (χ0) is 4.12. The predicted molar refractivity (Wildman–Crippen MR) is 26.7 cm³/mol. The van der Waals surface area contributed by atoms with E-state index in [1.807, 2.05) is 0 Å². The molecule has 5 heavy (non-hydrogen) atoms. The first-order valence-electron chi connectivity index (χ1n) is 1.90. The first-order chi connectivity index (χ1) is 2.41. The summed E-state index contributed by atoms with van der Waals surface area (Å²) in [5.74, 6) is 0. The van der Waals surface area contributed by atoms with Gasteiger partial charge in [0.05, 0.1) is 0 Å². The zero-order valence-corrected chi connectivity index (χ0v) is 6.15. The van der Waals surface area contributed by atoms with Gasteiger partial charge in [-0.2, -0.15) is 0 Å². The van der Waals surface area contributed by atoms with Crippen LogP contribution in [0.5, 0.6) is 0 Å². The summed E-state index contributed by atoms with van der Waals surface area (Å²) in [5, 5.41) is 0. The second kappa shape index (κ2) is 4.79. The van der Waals surface area contributed by atoms with Crippen molar-refractivity contribution < 1.29 is 0 Å². The SMILES string of the molecule is CCC[Te]C. The van der Waals surface area contributed by atoms with Gasteiger partial charge in [-0.1, -0.05) is 0 Å². The van der Waals surface area contributed by atoms with E-state index in [4.69, 9.17) is 0 Å². The molecule has 1 heteroatoms. The van der Waals surface area contributed by atoms with Crippen LogP contribution in [0.2, 0.25) is 9.44 Å². The molecular formula is C4H10Te. The Hall–Kier alpha value is 0.790. The third-order valence-corrected chi connectivity index (χ3v) is 2.74. The van der Waals surface area contributed by atoms with Gasteiger partial charge in [0, 0.05) is 0 Å². The average molecular weight is 186 g/mol. The Morgan fingerprint density at radius 3 is 2.20 bits per heavy atom. The van der Waals surface area contributed by atoms with E-state index in [0.717, 1.165) is 0 Å². The van der Waals surface area contributed by atoms with Crippen LogP contribution in [0.4, 0.5) is 0 Å². The monoisotopic (exact) mass is 188 g/mol. The van der Waals surface area contributed by atoms with Crippen molar-refractivity contribution in [2.75, 3.05) is 0 Å². The van der Waals surface area contributed by atoms with Crippen LogP contribution < -0.4 is 0 Å². The van der Waals surface area contributed by atoms with Gasteiger partial charge in [0.2, 0.25) is 0 Å². The van der Waals surface area contributed by atoms with E-state index in [1.54, 1.807) is 0 Å². The van der Waals surface area contributed by atoms with Crippen molar-refractivity contribution in [1.29, 1.82) is 0 Å². The first-order valence-corrected chi connectivity index (χ1v) is 5.88. The standard InChI is InChI=1S/C4H10Te/c1-3-4-5-2/h3-4H2,1-2H3. The molecule has 0 saturated heterocycles. The molecule has 0 aromatic carbocycles. The Balaban J connectivity index is 2.19. The molecular weight excluding hydrogens is 176 g/mol. The fraction of sp³-hybridized carbons (Fsp3) is 1.00. The molecule has 0 spiro atoms. The molecule has 0 rings (SSSR count). The molecule has 0 aliphatic rings. The van der Waals surface area contributed by atoms with Crippen LogP contribution in [0, 0.1) is 0 Å². The summed E-state index contributed by atoms with van der Waals surface area (Å²) >= 11 is 0.473. The molecule has 0 amide bonds. The van der Waals surface area contributed by atoms with Gasteiger partial charge >= 0.3 is 43.7 Å². The molecule has 0 aromatic heterocycles. The quantitative estimate of drug-likeness (QED) is 0.573. The Morgan fingerprint density at radius 2 is 2.20 bits per heavy atom. The second-order valence-corrected chi connectivity index (χ2v) is 3.81. The molecule has 0 aliphatic heterocycles. The molecule has 0 aliphatic carbocycles. The molecule has 0 atom stereocenters. The van der Waals surface area contributed by atoms with Gasteiger partial charge in [-0.15, -0.1) is 0 Å². The van der Waals surface area contributed by atoms with Gasteiger partial charge in [-0.25, -0.2) is 0 Å². The normalized spacial score (nSPS) is 8.40. The maximum atomic E-state index is 2.34. The molecule has 32 valence electrons. The van der Waals surface area contributed by atoms with Crippen molar-refractivity contribution in [2.45, 2.75) is 22.8 Å². The Labute approximate surface area is 44.0 Å². The predicted octanol–water partition coefficient (Wildman–Crippen LogP) is 1.57.